The first kappa shape index (κ1) is 16.0. The van der Waals surface area contributed by atoms with E-state index in [1.807, 2.05) is 0 Å². The fourth-order valence-corrected chi connectivity index (χ4v) is 2.62. The van der Waals surface area contributed by atoms with Crippen LogP contribution in [0.15, 0.2) is 0 Å². The van der Waals surface area contributed by atoms with E-state index in [2.05, 4.69) is 5.32 Å². The largest absolute Gasteiger partial charge is 0.481 e. The number of nitrogens with zero attached hydrogens (tertiary/aromatic N) is 1. The lowest BCUT2D eigenvalue weighted by molar-refractivity contribution is -0.141. The fraction of sp³-hybridized carbons (Fsp3) is 0.857. The second-order valence-electron chi connectivity index (χ2n) is 5.57. The molecule has 0 radical (unpaired) electrons. The summed E-state index contributed by atoms with van der Waals surface area (Å²) in [7, 11) is 0. The van der Waals surface area contributed by atoms with Gasteiger partial charge in [-0.05, 0) is 25.7 Å². The summed E-state index contributed by atoms with van der Waals surface area (Å²) in [6, 6.07) is -0.183. The first-order chi connectivity index (χ1) is 10.2. The van der Waals surface area contributed by atoms with Crippen LogP contribution in [0.4, 0.5) is 4.79 Å². The Labute approximate surface area is 124 Å². The number of hydrogen-bond acceptors (Lipinski definition) is 4. The van der Waals surface area contributed by atoms with Crippen molar-refractivity contribution in [2.75, 3.05) is 39.5 Å². The fourth-order valence-electron chi connectivity index (χ4n) is 2.62. The zero-order valence-corrected chi connectivity index (χ0v) is 12.3. The minimum Gasteiger partial charge on any atom is -0.481 e. The van der Waals surface area contributed by atoms with Gasteiger partial charge in [-0.25, -0.2) is 4.79 Å². The highest BCUT2D eigenvalue weighted by Crippen LogP contribution is 2.16. The lowest BCUT2D eigenvalue weighted by Crippen LogP contribution is -2.39. The second kappa shape index (κ2) is 8.19. The number of amides is 2. The van der Waals surface area contributed by atoms with E-state index < -0.39 is 11.9 Å². The molecule has 21 heavy (non-hydrogen) atoms. The molecule has 2 saturated heterocycles. The molecule has 0 spiro atoms. The van der Waals surface area contributed by atoms with Gasteiger partial charge >= 0.3 is 12.0 Å². The number of carboxylic acids is 1. The highest BCUT2D eigenvalue weighted by atomic mass is 16.5. The van der Waals surface area contributed by atoms with Gasteiger partial charge in [0, 0.05) is 32.8 Å². The maximum absolute atomic E-state index is 11.8. The molecule has 2 heterocycles. The Kier molecular flexibility index (Phi) is 6.25. The molecule has 120 valence electrons. The summed E-state index contributed by atoms with van der Waals surface area (Å²) in [6.07, 6.45) is 3.69. The van der Waals surface area contributed by atoms with Gasteiger partial charge in [-0.3, -0.25) is 4.79 Å². The standard InChI is InChI=1S/C14H24N2O5/c17-13(18)11-4-6-16(9-11)14(19)15-5-2-7-20-10-12-3-1-8-21-12/h11-12H,1-10H2,(H,15,19)(H,17,18). The SMILES string of the molecule is O=C(O)C1CCN(C(=O)NCCCOCC2CCCO2)C1. The van der Waals surface area contributed by atoms with Crippen LogP contribution in [0.3, 0.4) is 0 Å². The first-order valence-corrected chi connectivity index (χ1v) is 7.61. The summed E-state index contributed by atoms with van der Waals surface area (Å²) in [6.45, 7) is 3.41. The number of carbonyl (C=O) groups is 2. The van der Waals surface area contributed by atoms with Crippen molar-refractivity contribution >= 4 is 12.0 Å². The number of aliphatic carboxylic acids is 1. The summed E-state index contributed by atoms with van der Waals surface area (Å²) < 4.78 is 11.0. The Morgan fingerprint density at radius 3 is 2.90 bits per heavy atom. The minimum atomic E-state index is -0.826. The summed E-state index contributed by atoms with van der Waals surface area (Å²) in [5, 5.41) is 11.7. The van der Waals surface area contributed by atoms with E-state index in [0.717, 1.165) is 25.9 Å². The predicted octanol–water partition coefficient (Wildman–Crippen LogP) is 0.688. The number of carboxylic acid groups (broad SMARTS) is 1. The van der Waals surface area contributed by atoms with E-state index >= 15 is 0 Å². The molecule has 2 aliphatic heterocycles. The topological polar surface area (TPSA) is 88.1 Å². The maximum Gasteiger partial charge on any atom is 0.317 e. The van der Waals surface area contributed by atoms with Crippen molar-refractivity contribution in [3.8, 4) is 0 Å². The zero-order chi connectivity index (χ0) is 15.1. The molecule has 2 unspecified atom stereocenters. The van der Waals surface area contributed by atoms with Crippen molar-refractivity contribution in [2.24, 2.45) is 5.92 Å². The van der Waals surface area contributed by atoms with Gasteiger partial charge < -0.3 is 24.8 Å². The number of nitrogens with one attached hydrogen (secondary N) is 1. The van der Waals surface area contributed by atoms with Crippen LogP contribution < -0.4 is 5.32 Å². The number of urea groups is 1. The minimum absolute atomic E-state index is 0.183. The van der Waals surface area contributed by atoms with Crippen LogP contribution in [0, 0.1) is 5.92 Å². The van der Waals surface area contributed by atoms with E-state index in [1.54, 1.807) is 4.90 Å². The van der Waals surface area contributed by atoms with Gasteiger partial charge in [0.15, 0.2) is 0 Å². The average Bonchev–Trinajstić information content (AvgIpc) is 3.13. The second-order valence-corrected chi connectivity index (χ2v) is 5.57. The van der Waals surface area contributed by atoms with Gasteiger partial charge in [-0.2, -0.15) is 0 Å². The van der Waals surface area contributed by atoms with Crippen molar-refractivity contribution < 1.29 is 24.2 Å². The lowest BCUT2D eigenvalue weighted by atomic mass is 10.1. The molecule has 0 aromatic carbocycles. The van der Waals surface area contributed by atoms with Crippen LogP contribution in [-0.4, -0.2) is 67.6 Å². The van der Waals surface area contributed by atoms with Crippen LogP contribution in [0.25, 0.3) is 0 Å². The van der Waals surface area contributed by atoms with E-state index in [9.17, 15) is 9.59 Å². The van der Waals surface area contributed by atoms with Crippen LogP contribution in [-0.2, 0) is 14.3 Å². The maximum atomic E-state index is 11.8. The summed E-state index contributed by atoms with van der Waals surface area (Å²) in [5.74, 6) is -1.25. The van der Waals surface area contributed by atoms with Gasteiger partial charge in [0.05, 0.1) is 18.6 Å². The Morgan fingerprint density at radius 2 is 2.24 bits per heavy atom. The summed E-state index contributed by atoms with van der Waals surface area (Å²) in [5.41, 5.74) is 0. The molecule has 2 amide bonds. The molecule has 0 aromatic rings. The smallest absolute Gasteiger partial charge is 0.317 e. The number of rotatable bonds is 7. The molecule has 7 heteroatoms. The molecule has 2 aliphatic rings. The van der Waals surface area contributed by atoms with Crippen LogP contribution >= 0.6 is 0 Å². The lowest BCUT2D eigenvalue weighted by Gasteiger charge is -2.16. The van der Waals surface area contributed by atoms with E-state index in [4.69, 9.17) is 14.6 Å². The third-order valence-corrected chi connectivity index (χ3v) is 3.89. The van der Waals surface area contributed by atoms with Crippen molar-refractivity contribution in [3.05, 3.63) is 0 Å². The third-order valence-electron chi connectivity index (χ3n) is 3.89. The van der Waals surface area contributed by atoms with E-state index in [0.29, 0.717) is 39.3 Å². The molecule has 0 aromatic heterocycles. The Balaban J connectivity index is 1.48. The molecule has 2 N–H and O–H groups in total. The van der Waals surface area contributed by atoms with Crippen LogP contribution in [0.1, 0.15) is 25.7 Å². The summed E-state index contributed by atoms with van der Waals surface area (Å²) >= 11 is 0. The first-order valence-electron chi connectivity index (χ1n) is 7.61. The number of hydrogen-bond donors (Lipinski definition) is 2. The quantitative estimate of drug-likeness (QED) is 0.675. The van der Waals surface area contributed by atoms with Gasteiger partial charge in [0.1, 0.15) is 0 Å². The van der Waals surface area contributed by atoms with Crippen molar-refractivity contribution in [3.63, 3.8) is 0 Å². The average molecular weight is 300 g/mol. The Morgan fingerprint density at radius 1 is 1.38 bits per heavy atom. The molecular formula is C14H24N2O5. The monoisotopic (exact) mass is 300 g/mol. The Hall–Kier alpha value is -1.34. The van der Waals surface area contributed by atoms with Crippen molar-refractivity contribution in [1.82, 2.24) is 10.2 Å². The highest BCUT2D eigenvalue weighted by molar-refractivity contribution is 5.77. The normalized spacial score (nSPS) is 25.2. The molecule has 2 rings (SSSR count). The third kappa shape index (κ3) is 5.17. The van der Waals surface area contributed by atoms with E-state index in [-0.39, 0.29) is 12.1 Å². The predicted molar refractivity (Wildman–Crippen MR) is 75.1 cm³/mol. The molecule has 0 bridgehead atoms. The molecule has 0 saturated carbocycles. The Bertz CT molecular complexity index is 357. The van der Waals surface area contributed by atoms with Crippen LogP contribution in [0.2, 0.25) is 0 Å². The van der Waals surface area contributed by atoms with Gasteiger partial charge in [0.2, 0.25) is 0 Å². The van der Waals surface area contributed by atoms with Gasteiger partial charge in [0.25, 0.3) is 0 Å². The van der Waals surface area contributed by atoms with Crippen molar-refractivity contribution in [2.45, 2.75) is 31.8 Å². The molecule has 0 aliphatic carbocycles. The van der Waals surface area contributed by atoms with Crippen molar-refractivity contribution in [1.29, 1.82) is 0 Å². The summed E-state index contributed by atoms with van der Waals surface area (Å²) in [4.78, 5) is 24.2. The van der Waals surface area contributed by atoms with Gasteiger partial charge in [-0.15, -0.1) is 0 Å². The highest BCUT2D eigenvalue weighted by Gasteiger charge is 2.30. The van der Waals surface area contributed by atoms with E-state index in [1.165, 1.54) is 0 Å². The molecule has 2 atom stereocenters. The van der Waals surface area contributed by atoms with Gasteiger partial charge in [-0.1, -0.05) is 0 Å². The zero-order valence-electron chi connectivity index (χ0n) is 12.3. The number of likely N-dealkylation sites (tertiary alicyclic amines) is 1. The number of carbonyl (C=O) groups excluding carboxylic acids is 1. The number of ether oxygens (including phenoxy) is 2. The molecule has 2 fully saturated rings. The molecule has 7 nitrogen and oxygen atoms in total. The van der Waals surface area contributed by atoms with Crippen LogP contribution in [0.5, 0.6) is 0 Å². The molecular weight excluding hydrogens is 276 g/mol.